The molecule has 1 unspecified atom stereocenters. The van der Waals surface area contributed by atoms with Crippen LogP contribution in [0.4, 0.5) is 0 Å². The summed E-state index contributed by atoms with van der Waals surface area (Å²) < 4.78 is 9.59. The highest BCUT2D eigenvalue weighted by Gasteiger charge is 2.20. The number of aromatic hydroxyl groups is 1. The van der Waals surface area contributed by atoms with Crippen molar-refractivity contribution in [3.05, 3.63) is 23.8 Å². The van der Waals surface area contributed by atoms with Crippen LogP contribution in [-0.2, 0) is 9.53 Å². The van der Waals surface area contributed by atoms with E-state index < -0.39 is 18.0 Å². The number of phenols is 1. The molecule has 1 atom stereocenters. The molecule has 0 aliphatic heterocycles. The topological polar surface area (TPSA) is 98.9 Å². The third-order valence-electron chi connectivity index (χ3n) is 2.12. The second-order valence-electron chi connectivity index (χ2n) is 3.31. The highest BCUT2D eigenvalue weighted by Crippen LogP contribution is 2.29. The van der Waals surface area contributed by atoms with E-state index in [9.17, 15) is 14.7 Å². The van der Waals surface area contributed by atoms with Gasteiger partial charge in [-0.05, 0) is 19.1 Å². The Morgan fingerprint density at radius 1 is 1.41 bits per heavy atom. The van der Waals surface area contributed by atoms with Crippen molar-refractivity contribution in [2.45, 2.75) is 13.0 Å². The third-order valence-corrected chi connectivity index (χ3v) is 2.12. The maximum absolute atomic E-state index is 11.6. The van der Waals surface area contributed by atoms with Gasteiger partial charge in [0.05, 0.1) is 7.11 Å². The highest BCUT2D eigenvalue weighted by molar-refractivity contribution is 5.95. The molecule has 92 valence electrons. The van der Waals surface area contributed by atoms with Gasteiger partial charge in [0.1, 0.15) is 5.56 Å². The summed E-state index contributed by atoms with van der Waals surface area (Å²) in [6.07, 6.45) is -1.06. The molecule has 0 saturated carbocycles. The summed E-state index contributed by atoms with van der Waals surface area (Å²) in [4.78, 5) is 22.3. The summed E-state index contributed by atoms with van der Waals surface area (Å²) in [5.74, 6) is -1.80. The number of nitrogens with two attached hydrogens (primary N) is 1. The summed E-state index contributed by atoms with van der Waals surface area (Å²) in [6, 6.07) is 4.36. The lowest BCUT2D eigenvalue weighted by Gasteiger charge is -2.11. The van der Waals surface area contributed by atoms with Crippen molar-refractivity contribution < 1.29 is 24.2 Å². The number of benzene rings is 1. The third kappa shape index (κ3) is 2.87. The van der Waals surface area contributed by atoms with Crippen LogP contribution in [0.3, 0.4) is 0 Å². The van der Waals surface area contributed by atoms with Crippen LogP contribution in [0.15, 0.2) is 18.2 Å². The van der Waals surface area contributed by atoms with Gasteiger partial charge < -0.3 is 20.3 Å². The van der Waals surface area contributed by atoms with Crippen LogP contribution in [0.5, 0.6) is 11.5 Å². The van der Waals surface area contributed by atoms with E-state index in [1.165, 1.54) is 32.2 Å². The first kappa shape index (κ1) is 12.8. The number of amides is 1. The maximum atomic E-state index is 11.6. The fourth-order valence-corrected chi connectivity index (χ4v) is 1.13. The van der Waals surface area contributed by atoms with Crippen molar-refractivity contribution in [2.24, 2.45) is 5.73 Å². The van der Waals surface area contributed by atoms with Crippen molar-refractivity contribution >= 4 is 11.9 Å². The number of hydrogen-bond donors (Lipinski definition) is 2. The molecule has 17 heavy (non-hydrogen) atoms. The second kappa shape index (κ2) is 5.20. The molecule has 3 N–H and O–H groups in total. The van der Waals surface area contributed by atoms with Gasteiger partial charge in [0.2, 0.25) is 0 Å². The number of carbonyl (C=O) groups is 2. The van der Waals surface area contributed by atoms with Gasteiger partial charge in [-0.15, -0.1) is 0 Å². The summed E-state index contributed by atoms with van der Waals surface area (Å²) >= 11 is 0. The van der Waals surface area contributed by atoms with Gasteiger partial charge in [-0.1, -0.05) is 6.07 Å². The largest absolute Gasteiger partial charge is 0.504 e. The van der Waals surface area contributed by atoms with E-state index in [2.05, 4.69) is 0 Å². The predicted octanol–water partition coefficient (Wildman–Crippen LogP) is 0.431. The molecule has 0 spiro atoms. The molecule has 0 aliphatic carbocycles. The minimum Gasteiger partial charge on any atom is -0.504 e. The molecule has 0 heterocycles. The fraction of sp³-hybridized carbons (Fsp3) is 0.273. The van der Waals surface area contributed by atoms with Gasteiger partial charge in [-0.25, -0.2) is 4.79 Å². The number of para-hydroxylation sites is 1. The lowest BCUT2D eigenvalue weighted by Crippen LogP contribution is -2.30. The molecule has 0 saturated heterocycles. The molecule has 1 aromatic rings. The van der Waals surface area contributed by atoms with Gasteiger partial charge in [0.25, 0.3) is 5.91 Å². The molecule has 6 nitrogen and oxygen atoms in total. The van der Waals surface area contributed by atoms with Crippen LogP contribution in [0.25, 0.3) is 0 Å². The zero-order valence-electron chi connectivity index (χ0n) is 9.47. The molecule has 6 heteroatoms. The number of esters is 1. The molecule has 0 fully saturated rings. The van der Waals surface area contributed by atoms with Crippen LogP contribution < -0.4 is 10.5 Å². The second-order valence-corrected chi connectivity index (χ2v) is 3.31. The first-order valence-corrected chi connectivity index (χ1v) is 4.83. The smallest absolute Gasteiger partial charge is 0.342 e. The standard InChI is InChI=1S/C11H13NO5/c1-6(10(12)14)17-11(15)7-4-3-5-8(16-2)9(7)13/h3-6,13H,1-2H3,(H2,12,14). The van der Waals surface area contributed by atoms with Crippen LogP contribution in [0.1, 0.15) is 17.3 Å². The highest BCUT2D eigenvalue weighted by atomic mass is 16.5. The average Bonchev–Trinajstić information content (AvgIpc) is 2.28. The Balaban J connectivity index is 2.93. The molecule has 0 radical (unpaired) electrons. The molecule has 1 aromatic carbocycles. The molecule has 0 aromatic heterocycles. The molecular weight excluding hydrogens is 226 g/mol. The van der Waals surface area contributed by atoms with E-state index in [1.807, 2.05) is 0 Å². The summed E-state index contributed by atoms with van der Waals surface area (Å²) in [6.45, 7) is 1.34. The first-order valence-electron chi connectivity index (χ1n) is 4.83. The summed E-state index contributed by atoms with van der Waals surface area (Å²) in [5.41, 5.74) is 4.87. The summed E-state index contributed by atoms with van der Waals surface area (Å²) in [5, 5.41) is 9.67. The van der Waals surface area contributed by atoms with E-state index in [-0.39, 0.29) is 17.1 Å². The number of ether oxygens (including phenoxy) is 2. The van der Waals surface area contributed by atoms with Crippen molar-refractivity contribution in [3.63, 3.8) is 0 Å². The molecule has 1 rings (SSSR count). The van der Waals surface area contributed by atoms with Gasteiger partial charge in [-0.2, -0.15) is 0 Å². The average molecular weight is 239 g/mol. The van der Waals surface area contributed by atoms with Crippen molar-refractivity contribution in [1.29, 1.82) is 0 Å². The Morgan fingerprint density at radius 2 is 2.06 bits per heavy atom. The van der Waals surface area contributed by atoms with E-state index in [1.54, 1.807) is 0 Å². The minimum atomic E-state index is -1.06. The number of methoxy groups -OCH3 is 1. The quantitative estimate of drug-likeness (QED) is 0.742. The molecule has 0 bridgehead atoms. The van der Waals surface area contributed by atoms with E-state index in [4.69, 9.17) is 15.2 Å². The van der Waals surface area contributed by atoms with Crippen LogP contribution in [0, 0.1) is 0 Å². The first-order chi connectivity index (χ1) is 7.97. The SMILES string of the molecule is COc1cccc(C(=O)OC(C)C(N)=O)c1O. The zero-order valence-corrected chi connectivity index (χ0v) is 9.47. The number of primary amides is 1. The zero-order chi connectivity index (χ0) is 13.0. The van der Waals surface area contributed by atoms with Gasteiger partial charge in [0.15, 0.2) is 17.6 Å². The number of phenolic OH excluding ortho intramolecular Hbond substituents is 1. The van der Waals surface area contributed by atoms with Crippen molar-refractivity contribution in [3.8, 4) is 11.5 Å². The number of rotatable bonds is 4. The Morgan fingerprint density at radius 3 is 2.59 bits per heavy atom. The van der Waals surface area contributed by atoms with Crippen LogP contribution in [0.2, 0.25) is 0 Å². The normalized spacial score (nSPS) is 11.6. The van der Waals surface area contributed by atoms with E-state index in [0.29, 0.717) is 0 Å². The van der Waals surface area contributed by atoms with Gasteiger partial charge in [-0.3, -0.25) is 4.79 Å². The van der Waals surface area contributed by atoms with E-state index >= 15 is 0 Å². The lowest BCUT2D eigenvalue weighted by atomic mass is 10.2. The van der Waals surface area contributed by atoms with Crippen molar-refractivity contribution in [2.75, 3.05) is 7.11 Å². The Labute approximate surface area is 97.9 Å². The van der Waals surface area contributed by atoms with Gasteiger partial charge in [0, 0.05) is 0 Å². The Kier molecular flexibility index (Phi) is 3.92. The minimum absolute atomic E-state index is 0.0857. The molecular formula is C11H13NO5. The summed E-state index contributed by atoms with van der Waals surface area (Å²) in [7, 11) is 1.36. The van der Waals surface area contributed by atoms with Crippen LogP contribution >= 0.6 is 0 Å². The predicted molar refractivity (Wildman–Crippen MR) is 58.7 cm³/mol. The van der Waals surface area contributed by atoms with Crippen LogP contribution in [-0.4, -0.2) is 30.2 Å². The van der Waals surface area contributed by atoms with E-state index in [0.717, 1.165) is 0 Å². The molecule has 0 aliphatic rings. The van der Waals surface area contributed by atoms with Gasteiger partial charge >= 0.3 is 5.97 Å². The number of hydrogen-bond acceptors (Lipinski definition) is 5. The Hall–Kier alpha value is -2.24. The maximum Gasteiger partial charge on any atom is 0.342 e. The fourth-order valence-electron chi connectivity index (χ4n) is 1.13. The lowest BCUT2D eigenvalue weighted by molar-refractivity contribution is -0.125. The monoisotopic (exact) mass is 239 g/mol. The molecule has 1 amide bonds. The van der Waals surface area contributed by atoms with Crippen molar-refractivity contribution in [1.82, 2.24) is 0 Å². The Bertz CT molecular complexity index is 443. The number of carbonyl (C=O) groups excluding carboxylic acids is 2.